The smallest absolute Gasteiger partial charge is 0.110 e. The van der Waals surface area contributed by atoms with E-state index in [9.17, 15) is 0 Å². The molecule has 0 amide bonds. The predicted molar refractivity (Wildman–Crippen MR) is 83.0 cm³/mol. The average molecular weight is 692 g/mol. The summed E-state index contributed by atoms with van der Waals surface area (Å²) in [5.74, 6) is 0. The van der Waals surface area contributed by atoms with Crippen LogP contribution < -0.4 is 0 Å². The summed E-state index contributed by atoms with van der Waals surface area (Å²) in [7, 11) is 0. The van der Waals surface area contributed by atoms with Crippen molar-refractivity contribution in [2.24, 2.45) is 0 Å². The van der Waals surface area contributed by atoms with E-state index in [0.29, 0.717) is 0 Å². The summed E-state index contributed by atoms with van der Waals surface area (Å²) in [4.78, 5) is 0. The molecule has 0 aromatic carbocycles. The molecule has 0 atom stereocenters. The summed E-state index contributed by atoms with van der Waals surface area (Å²) in [6, 6.07) is 0. The maximum Gasteiger partial charge on any atom is 0.260 e. The van der Waals surface area contributed by atoms with Crippen molar-refractivity contribution in [2.75, 3.05) is 0 Å². The highest BCUT2D eigenvalue weighted by molar-refractivity contribution is 14.4. The van der Waals surface area contributed by atoms with Crippen LogP contribution in [0, 0.1) is 0 Å². The highest BCUT2D eigenvalue weighted by atomic mass is 127. The first-order valence-corrected chi connectivity index (χ1v) is 22.8. The Balaban J connectivity index is 3.54. The van der Waals surface area contributed by atoms with Gasteiger partial charge < -0.3 is 0 Å². The fourth-order valence-electron chi connectivity index (χ4n) is 0. The summed E-state index contributed by atoms with van der Waals surface area (Å²) in [6.45, 7) is 0. The highest BCUT2D eigenvalue weighted by Crippen LogP contribution is 2.37. The Kier molecular flexibility index (Phi) is 7.70. The minimum absolute atomic E-state index is 0.320. The Bertz CT molecular complexity index is 51.6. The van der Waals surface area contributed by atoms with Gasteiger partial charge in [0.25, 0.3) is 0.0813 Å². The molecule has 0 heterocycles. The van der Waals surface area contributed by atoms with E-state index < -0.39 is 0.0813 Å². The molecule has 0 aromatic rings. The maximum atomic E-state index is 2.63. The average Bonchev–Trinajstić information content (AvgIpc) is 1.31. The molecule has 7 heteroatoms. The van der Waals surface area contributed by atoms with Crippen LogP contribution >= 0.6 is 109 Å². The van der Waals surface area contributed by atoms with Crippen molar-refractivity contribution in [1.29, 1.82) is 0 Å². The summed E-state index contributed by atoms with van der Waals surface area (Å²) >= 11 is 13.1. The molecule has 0 bridgehead atoms. The van der Waals surface area contributed by atoms with E-state index in [1.54, 1.807) is 0 Å². The lowest BCUT2D eigenvalue weighted by molar-refractivity contribution is 4.49. The van der Waals surface area contributed by atoms with Crippen molar-refractivity contribution in [3.8, 4) is 0 Å². The van der Waals surface area contributed by atoms with Gasteiger partial charge in [-0.05, 0) is 0 Å². The summed E-state index contributed by atoms with van der Waals surface area (Å²) < 4.78 is -1.03. The fourth-order valence-corrected chi connectivity index (χ4v) is 0. The zero-order valence-corrected chi connectivity index (χ0v) is 15.9. The van der Waals surface area contributed by atoms with Crippen LogP contribution in [0.2, 0.25) is 0 Å². The quantitative estimate of drug-likeness (QED) is 0.225. The van der Waals surface area contributed by atoms with Crippen LogP contribution in [0.4, 0.5) is 0 Å². The van der Waals surface area contributed by atoms with Crippen LogP contribution in [0.5, 0.6) is 0 Å². The van der Waals surface area contributed by atoms with E-state index in [2.05, 4.69) is 109 Å². The summed E-state index contributed by atoms with van der Waals surface area (Å²) in [5.41, 5.74) is 0. The lowest BCUT2D eigenvalue weighted by atomic mass is 27.1. The molecule has 7 heavy (non-hydrogen) atoms. The van der Waals surface area contributed by atoms with Gasteiger partial charge in [0, 0.05) is 0 Å². The summed E-state index contributed by atoms with van der Waals surface area (Å²) in [6.07, 6.45) is 0. The van der Waals surface area contributed by atoms with Crippen LogP contribution in [-0.2, 0) is 0 Å². The van der Waals surface area contributed by atoms with Crippen LogP contribution in [0.3, 0.4) is 0 Å². The molecule has 0 aromatic heterocycles. The Morgan fingerprint density at radius 2 is 1.14 bits per heavy atom. The van der Waals surface area contributed by atoms with Gasteiger partial charge in [0.2, 0.25) is 3.31 Å². The molecule has 0 aliphatic heterocycles. The molecule has 0 fully saturated rings. The molecule has 0 spiro atoms. The van der Waals surface area contributed by atoms with Crippen LogP contribution in [0.25, 0.3) is 0 Å². The molecule has 0 radical (unpaired) electrons. The zero-order valence-electron chi connectivity index (χ0n) is 2.97. The molecule has 0 saturated heterocycles. The third kappa shape index (κ3) is 6.48. The van der Waals surface area contributed by atoms with E-state index in [0.717, 1.165) is 0 Å². The molecule has 0 nitrogen and oxygen atoms in total. The second-order valence-corrected chi connectivity index (χ2v) is 73.0. The van der Waals surface area contributed by atoms with Gasteiger partial charge in [-0.2, -0.15) is 0 Å². The van der Waals surface area contributed by atoms with E-state index in [1.807, 2.05) is 0 Å². The number of hydrogen-bond donors (Lipinski definition) is 0. The highest BCUT2D eigenvalue weighted by Gasteiger charge is 2.30. The Morgan fingerprint density at radius 3 is 1.14 bits per heavy atom. The van der Waals surface area contributed by atoms with Gasteiger partial charge in [0.1, 0.15) is 0 Å². The lowest BCUT2D eigenvalue weighted by Crippen LogP contribution is -2.20. The fraction of sp³-hybridized carbons (Fsp3) is 0. The van der Waals surface area contributed by atoms with Gasteiger partial charge in [-0.3, -0.25) is 0 Å². The minimum atomic E-state index is -0.712. The SMILES string of the molecule is I[SiH](I)[Si](I)(I)I. The molecular weight excluding hydrogens is 691 g/mol. The lowest BCUT2D eigenvalue weighted by Gasteiger charge is -2.06. The second-order valence-electron chi connectivity index (χ2n) is 0.842. The Hall–Kier alpha value is 4.08. The van der Waals surface area contributed by atoms with Crippen molar-refractivity contribution in [3.63, 3.8) is 0 Å². The molecule has 0 N–H and O–H groups in total. The first-order chi connectivity index (χ1) is 2.94. The van der Waals surface area contributed by atoms with Gasteiger partial charge in [-0.1, -0.05) is 65.4 Å². The molecular formula is HI5Si2. The van der Waals surface area contributed by atoms with Crippen molar-refractivity contribution in [1.82, 2.24) is 0 Å². The van der Waals surface area contributed by atoms with Crippen LogP contribution in [0.15, 0.2) is 0 Å². The number of hydrogen-bond acceptors (Lipinski definition) is 0. The zero-order chi connectivity index (χ0) is 6.08. The normalized spacial score (nSPS) is 12.9. The predicted octanol–water partition coefficient (Wildman–Crippen LogP) is 3.40. The van der Waals surface area contributed by atoms with Crippen molar-refractivity contribution >= 4 is 112 Å². The van der Waals surface area contributed by atoms with Crippen LogP contribution in [-0.4, -0.2) is 3.39 Å². The van der Waals surface area contributed by atoms with E-state index in [1.165, 1.54) is 0 Å². The monoisotopic (exact) mass is 691 g/mol. The molecule has 0 saturated carbocycles. The third-order valence-corrected chi connectivity index (χ3v) is 100. The summed E-state index contributed by atoms with van der Waals surface area (Å²) in [5, 5.41) is 0. The van der Waals surface area contributed by atoms with Crippen LogP contribution in [0.1, 0.15) is 0 Å². The first kappa shape index (κ1) is 11.1. The van der Waals surface area contributed by atoms with Gasteiger partial charge in [0.05, 0.1) is 0 Å². The minimum Gasteiger partial charge on any atom is -0.110 e. The molecule has 0 rings (SSSR count). The van der Waals surface area contributed by atoms with Crippen molar-refractivity contribution in [2.45, 2.75) is 0 Å². The second kappa shape index (κ2) is 4.86. The van der Waals surface area contributed by atoms with Gasteiger partial charge in [-0.15, -0.1) is 43.6 Å². The maximum absolute atomic E-state index is 2.63. The van der Waals surface area contributed by atoms with Gasteiger partial charge in [-0.25, -0.2) is 0 Å². The standard InChI is InChI=1S/HI5Si2/c1-6(2)7(3,4)5/h6H. The number of rotatable bonds is 1. The Morgan fingerprint density at radius 1 is 1.00 bits per heavy atom. The first-order valence-electron chi connectivity index (χ1n) is 1.29. The molecule has 0 unspecified atom stereocenters. The van der Waals surface area contributed by atoms with Gasteiger partial charge >= 0.3 is 0 Å². The Labute approximate surface area is 109 Å². The van der Waals surface area contributed by atoms with Crippen molar-refractivity contribution in [3.05, 3.63) is 0 Å². The molecule has 44 valence electrons. The largest absolute Gasteiger partial charge is 0.260 e. The van der Waals surface area contributed by atoms with E-state index in [4.69, 9.17) is 0 Å². The van der Waals surface area contributed by atoms with E-state index >= 15 is 0 Å². The van der Waals surface area contributed by atoms with E-state index in [-0.39, 0.29) is 3.31 Å². The number of halogens is 5. The topological polar surface area (TPSA) is 0 Å². The molecule has 0 aliphatic carbocycles. The van der Waals surface area contributed by atoms with Crippen molar-refractivity contribution < 1.29 is 0 Å². The third-order valence-electron chi connectivity index (χ3n) is 0.247. The molecule has 0 aliphatic rings. The van der Waals surface area contributed by atoms with Gasteiger partial charge in [0.15, 0.2) is 0 Å².